The van der Waals surface area contributed by atoms with Crippen LogP contribution in [0.1, 0.15) is 271 Å². The van der Waals surface area contributed by atoms with Gasteiger partial charge in [-0.15, -0.1) is 0 Å². The van der Waals surface area contributed by atoms with E-state index in [1.807, 2.05) is 0 Å². The van der Waals surface area contributed by atoms with E-state index in [2.05, 4.69) is 69.4 Å². The summed E-state index contributed by atoms with van der Waals surface area (Å²) < 4.78 is 16.8. The smallest absolute Gasteiger partial charge is 0.306 e. The maximum Gasteiger partial charge on any atom is 0.306 e. The monoisotopic (exact) mass is 869 g/mol. The maximum absolute atomic E-state index is 12.8. The Morgan fingerprint density at radius 3 is 0.919 bits per heavy atom. The highest BCUT2D eigenvalue weighted by atomic mass is 16.6. The molecule has 0 radical (unpaired) electrons. The van der Waals surface area contributed by atoms with E-state index in [1.54, 1.807) is 0 Å². The van der Waals surface area contributed by atoms with Crippen molar-refractivity contribution in [3.63, 3.8) is 0 Å². The number of hydrogen-bond donors (Lipinski definition) is 0. The lowest BCUT2D eigenvalue weighted by Crippen LogP contribution is -2.30. The molecule has 0 saturated heterocycles. The van der Waals surface area contributed by atoms with Crippen molar-refractivity contribution < 1.29 is 28.6 Å². The Labute approximate surface area is 384 Å². The molecule has 0 amide bonds. The first kappa shape index (κ1) is 59.4. The van der Waals surface area contributed by atoms with Crippen molar-refractivity contribution in [3.05, 3.63) is 48.6 Å². The lowest BCUT2D eigenvalue weighted by Gasteiger charge is -2.18. The van der Waals surface area contributed by atoms with Crippen LogP contribution in [0.4, 0.5) is 0 Å². The van der Waals surface area contributed by atoms with Gasteiger partial charge < -0.3 is 14.2 Å². The lowest BCUT2D eigenvalue weighted by atomic mass is 10.1. The molecule has 0 bridgehead atoms. The highest BCUT2D eigenvalue weighted by Crippen LogP contribution is 2.14. The average molecular weight is 869 g/mol. The Morgan fingerprint density at radius 1 is 0.323 bits per heavy atom. The summed E-state index contributed by atoms with van der Waals surface area (Å²) in [5.41, 5.74) is 0. The minimum Gasteiger partial charge on any atom is -0.462 e. The van der Waals surface area contributed by atoms with Crippen molar-refractivity contribution >= 4 is 17.9 Å². The molecule has 0 rings (SSSR count). The van der Waals surface area contributed by atoms with E-state index in [4.69, 9.17) is 14.2 Å². The maximum atomic E-state index is 12.8. The molecule has 0 saturated carbocycles. The summed E-state index contributed by atoms with van der Waals surface area (Å²) in [6.07, 6.45) is 61.0. The van der Waals surface area contributed by atoms with Gasteiger partial charge in [-0.25, -0.2) is 0 Å². The van der Waals surface area contributed by atoms with Crippen LogP contribution in [-0.2, 0) is 28.6 Å². The van der Waals surface area contributed by atoms with Crippen molar-refractivity contribution in [1.29, 1.82) is 0 Å². The molecular weight excluding hydrogens is 769 g/mol. The van der Waals surface area contributed by atoms with Gasteiger partial charge in [-0.1, -0.05) is 217 Å². The first-order valence-electron chi connectivity index (χ1n) is 26.6. The van der Waals surface area contributed by atoms with Gasteiger partial charge in [0.1, 0.15) is 13.2 Å². The molecule has 0 aromatic rings. The van der Waals surface area contributed by atoms with Gasteiger partial charge in [0.15, 0.2) is 6.10 Å². The molecule has 6 heteroatoms. The van der Waals surface area contributed by atoms with Crippen LogP contribution in [0.15, 0.2) is 48.6 Å². The molecule has 1 atom stereocenters. The zero-order valence-electron chi connectivity index (χ0n) is 41.1. The molecule has 1 unspecified atom stereocenters. The number of unbranched alkanes of at least 4 members (excludes halogenated alkanes) is 29. The normalized spacial score (nSPS) is 12.4. The van der Waals surface area contributed by atoms with E-state index < -0.39 is 6.10 Å². The van der Waals surface area contributed by atoms with Crippen LogP contribution in [0.3, 0.4) is 0 Å². The molecule has 0 heterocycles. The fourth-order valence-electron chi connectivity index (χ4n) is 7.50. The molecule has 360 valence electrons. The van der Waals surface area contributed by atoms with Crippen molar-refractivity contribution in [2.24, 2.45) is 0 Å². The van der Waals surface area contributed by atoms with E-state index in [-0.39, 0.29) is 31.1 Å². The van der Waals surface area contributed by atoms with Crippen LogP contribution in [-0.4, -0.2) is 37.2 Å². The van der Waals surface area contributed by atoms with Crippen LogP contribution in [0.5, 0.6) is 0 Å². The quantitative estimate of drug-likeness (QED) is 0.0262. The van der Waals surface area contributed by atoms with Gasteiger partial charge in [0.25, 0.3) is 0 Å². The predicted molar refractivity (Wildman–Crippen MR) is 265 cm³/mol. The zero-order chi connectivity index (χ0) is 45.1. The molecule has 6 nitrogen and oxygen atoms in total. The van der Waals surface area contributed by atoms with E-state index in [0.29, 0.717) is 19.3 Å². The molecule has 0 N–H and O–H groups in total. The minimum atomic E-state index is -0.779. The van der Waals surface area contributed by atoms with Gasteiger partial charge in [-0.2, -0.15) is 0 Å². The molecule has 0 aromatic heterocycles. The Bertz CT molecular complexity index is 1090. The van der Waals surface area contributed by atoms with Crippen LogP contribution < -0.4 is 0 Å². The molecule has 0 aliphatic rings. The van der Waals surface area contributed by atoms with Gasteiger partial charge in [-0.3, -0.25) is 14.4 Å². The average Bonchev–Trinajstić information content (AvgIpc) is 3.27. The largest absolute Gasteiger partial charge is 0.462 e. The van der Waals surface area contributed by atoms with Gasteiger partial charge >= 0.3 is 17.9 Å². The van der Waals surface area contributed by atoms with Crippen LogP contribution in [0.25, 0.3) is 0 Å². The van der Waals surface area contributed by atoms with Crippen LogP contribution in [0, 0.1) is 0 Å². The third kappa shape index (κ3) is 48.4. The van der Waals surface area contributed by atoms with Crippen molar-refractivity contribution in [2.75, 3.05) is 13.2 Å². The Hall–Kier alpha value is -2.63. The Balaban J connectivity index is 4.31. The number of esters is 3. The van der Waals surface area contributed by atoms with E-state index in [9.17, 15) is 14.4 Å². The summed E-state index contributed by atoms with van der Waals surface area (Å²) in [7, 11) is 0. The predicted octanol–water partition coefficient (Wildman–Crippen LogP) is 17.5. The zero-order valence-corrected chi connectivity index (χ0v) is 41.1. The molecule has 0 aromatic carbocycles. The van der Waals surface area contributed by atoms with Crippen LogP contribution in [0.2, 0.25) is 0 Å². The van der Waals surface area contributed by atoms with Crippen LogP contribution >= 0.6 is 0 Å². The molecule has 0 fully saturated rings. The number of carbonyl (C=O) groups is 3. The molecule has 0 spiro atoms. The Morgan fingerprint density at radius 2 is 0.581 bits per heavy atom. The van der Waals surface area contributed by atoms with Gasteiger partial charge in [0.2, 0.25) is 0 Å². The Kier molecular flexibility index (Phi) is 48.8. The first-order chi connectivity index (χ1) is 30.5. The third-order valence-electron chi connectivity index (χ3n) is 11.6. The summed E-state index contributed by atoms with van der Waals surface area (Å²) >= 11 is 0. The number of ether oxygens (including phenoxy) is 3. The van der Waals surface area contributed by atoms with Gasteiger partial charge in [-0.05, 0) is 83.5 Å². The first-order valence-corrected chi connectivity index (χ1v) is 26.6. The molecular formula is C56H100O6. The molecule has 62 heavy (non-hydrogen) atoms. The topological polar surface area (TPSA) is 78.9 Å². The standard InChI is InChI=1S/C56H100O6/c1-4-7-10-13-16-19-21-23-25-26-27-28-29-30-31-33-34-37-40-43-46-49-55(58)61-52-53(51-60-54(57)48-45-42-39-36-18-15-12-9-6-3)62-56(59)50-47-44-41-38-35-32-24-22-20-17-14-11-8-5-2/h21-24,26-27,29-30,53H,4-20,25,28,31-52H2,1-3H3/b23-21-,24-22-,27-26-,30-29-. The van der Waals surface area contributed by atoms with Crippen molar-refractivity contribution in [2.45, 2.75) is 277 Å². The second kappa shape index (κ2) is 51.0. The number of carbonyl (C=O) groups excluding carboxylic acids is 3. The minimum absolute atomic E-state index is 0.0790. The van der Waals surface area contributed by atoms with Crippen molar-refractivity contribution in [3.8, 4) is 0 Å². The highest BCUT2D eigenvalue weighted by Gasteiger charge is 2.19. The summed E-state index contributed by atoms with van der Waals surface area (Å²) in [4.78, 5) is 37.9. The summed E-state index contributed by atoms with van der Waals surface area (Å²) in [5.74, 6) is -0.896. The van der Waals surface area contributed by atoms with Gasteiger partial charge in [0, 0.05) is 19.3 Å². The summed E-state index contributed by atoms with van der Waals surface area (Å²) in [6, 6.07) is 0. The fourth-order valence-corrected chi connectivity index (χ4v) is 7.50. The number of hydrogen-bond acceptors (Lipinski definition) is 6. The highest BCUT2D eigenvalue weighted by molar-refractivity contribution is 5.71. The van der Waals surface area contributed by atoms with Crippen molar-refractivity contribution in [1.82, 2.24) is 0 Å². The van der Waals surface area contributed by atoms with E-state index in [0.717, 1.165) is 89.9 Å². The van der Waals surface area contributed by atoms with E-state index >= 15 is 0 Å². The SMILES string of the molecule is CCCCCCC/C=C\C/C=C\C/C=C\CCCCCCCCC(=O)OCC(COC(=O)CCCCCCCCCCC)OC(=O)CCCCCCC/C=C\CCCCCCC. The fraction of sp³-hybridized carbons (Fsp3) is 0.804. The van der Waals surface area contributed by atoms with E-state index in [1.165, 1.54) is 141 Å². The summed E-state index contributed by atoms with van der Waals surface area (Å²) in [6.45, 7) is 6.59. The molecule has 0 aliphatic heterocycles. The number of rotatable bonds is 48. The second-order valence-electron chi connectivity index (χ2n) is 17.8. The second-order valence-corrected chi connectivity index (χ2v) is 17.8. The summed E-state index contributed by atoms with van der Waals surface area (Å²) in [5, 5.41) is 0. The van der Waals surface area contributed by atoms with Gasteiger partial charge in [0.05, 0.1) is 0 Å². The number of allylic oxidation sites excluding steroid dienone is 8. The third-order valence-corrected chi connectivity index (χ3v) is 11.6. The molecule has 0 aliphatic carbocycles. The lowest BCUT2D eigenvalue weighted by molar-refractivity contribution is -0.167.